The van der Waals surface area contributed by atoms with Gasteiger partial charge in [0.2, 0.25) is 0 Å². The number of amides is 1. The van der Waals surface area contributed by atoms with Crippen LogP contribution in [0.15, 0.2) is 18.3 Å². The molecule has 1 aliphatic carbocycles. The van der Waals surface area contributed by atoms with Gasteiger partial charge in [-0.1, -0.05) is 6.42 Å². The van der Waals surface area contributed by atoms with Gasteiger partial charge in [0.1, 0.15) is 0 Å². The van der Waals surface area contributed by atoms with Crippen molar-refractivity contribution in [3.63, 3.8) is 0 Å². The molecule has 0 N–H and O–H groups in total. The lowest BCUT2D eigenvalue weighted by atomic mass is 10.2. The van der Waals surface area contributed by atoms with Gasteiger partial charge in [0, 0.05) is 24.5 Å². The molecule has 1 aromatic rings. The largest absolute Gasteiger partial charge is 0.482 e. The standard InChI is InChI=1S/C15H19F3N2O2S/c1-20(10-5-3-7-12(10)23-2)14(21)13-11(6-4-8-19-13)22-9-15(16,17)18/h4,6,8,10,12H,3,5,7,9H2,1-2H3/t10-,12-/m1/s1. The molecule has 8 heteroatoms. The van der Waals surface area contributed by atoms with Crippen LogP contribution < -0.4 is 4.74 Å². The lowest BCUT2D eigenvalue weighted by Crippen LogP contribution is -2.41. The van der Waals surface area contributed by atoms with Crippen LogP contribution in [0.1, 0.15) is 29.8 Å². The maximum atomic E-state index is 12.6. The molecule has 1 amide bonds. The molecule has 128 valence electrons. The Labute approximate surface area is 137 Å². The summed E-state index contributed by atoms with van der Waals surface area (Å²) in [5.41, 5.74) is -0.0778. The summed E-state index contributed by atoms with van der Waals surface area (Å²) in [4.78, 5) is 18.1. The molecule has 0 aliphatic heterocycles. The van der Waals surface area contributed by atoms with Gasteiger partial charge >= 0.3 is 6.18 Å². The van der Waals surface area contributed by atoms with Gasteiger partial charge in [-0.05, 0) is 31.2 Å². The fourth-order valence-corrected chi connectivity index (χ4v) is 3.80. The first kappa shape index (κ1) is 17.9. The molecule has 0 unspecified atom stereocenters. The second kappa shape index (κ2) is 7.42. The molecule has 2 rings (SSSR count). The smallest absolute Gasteiger partial charge is 0.422 e. The highest BCUT2D eigenvalue weighted by molar-refractivity contribution is 7.99. The highest BCUT2D eigenvalue weighted by Gasteiger charge is 2.34. The zero-order valence-corrected chi connectivity index (χ0v) is 13.8. The van der Waals surface area contributed by atoms with Crippen molar-refractivity contribution in [3.05, 3.63) is 24.0 Å². The molecule has 1 aromatic heterocycles. The molecule has 0 saturated heterocycles. The number of halogens is 3. The average molecular weight is 348 g/mol. The number of rotatable bonds is 5. The Bertz CT molecular complexity index is 554. The van der Waals surface area contributed by atoms with Crippen molar-refractivity contribution < 1.29 is 22.7 Å². The van der Waals surface area contributed by atoms with Crippen molar-refractivity contribution in [2.75, 3.05) is 19.9 Å². The minimum Gasteiger partial charge on any atom is -0.482 e. The summed E-state index contributed by atoms with van der Waals surface area (Å²) < 4.78 is 41.7. The number of hydrogen-bond donors (Lipinski definition) is 0. The van der Waals surface area contributed by atoms with Crippen LogP contribution in [0.25, 0.3) is 0 Å². The summed E-state index contributed by atoms with van der Waals surface area (Å²) in [6.45, 7) is -1.44. The van der Waals surface area contributed by atoms with Crippen LogP contribution in [-0.2, 0) is 0 Å². The normalized spacial score (nSPS) is 21.3. The van der Waals surface area contributed by atoms with Crippen LogP contribution in [0, 0.1) is 0 Å². The summed E-state index contributed by atoms with van der Waals surface area (Å²) in [5, 5.41) is 0.340. The SMILES string of the molecule is CS[C@@H]1CCC[C@H]1N(C)C(=O)c1ncccc1OCC(F)(F)F. The predicted octanol–water partition coefficient (Wildman–Crippen LogP) is 3.38. The maximum absolute atomic E-state index is 12.6. The first-order chi connectivity index (χ1) is 10.8. The number of aromatic nitrogens is 1. The second-order valence-electron chi connectivity index (χ2n) is 5.44. The summed E-state index contributed by atoms with van der Waals surface area (Å²) >= 11 is 1.70. The van der Waals surface area contributed by atoms with Crippen molar-refractivity contribution in [2.24, 2.45) is 0 Å². The number of pyridine rings is 1. The summed E-state index contributed by atoms with van der Waals surface area (Å²) in [6, 6.07) is 2.85. The lowest BCUT2D eigenvalue weighted by Gasteiger charge is -2.29. The molecule has 23 heavy (non-hydrogen) atoms. The van der Waals surface area contributed by atoms with Crippen LogP contribution in [0.5, 0.6) is 5.75 Å². The van der Waals surface area contributed by atoms with E-state index in [0.29, 0.717) is 5.25 Å². The third-order valence-electron chi connectivity index (χ3n) is 3.90. The van der Waals surface area contributed by atoms with Crippen molar-refractivity contribution >= 4 is 17.7 Å². The number of carbonyl (C=O) groups excluding carboxylic acids is 1. The highest BCUT2D eigenvalue weighted by Crippen LogP contribution is 2.33. The minimum absolute atomic E-state index is 0.0648. The molecular weight excluding hydrogens is 329 g/mol. The Kier molecular flexibility index (Phi) is 5.78. The first-order valence-corrected chi connectivity index (χ1v) is 8.57. The van der Waals surface area contributed by atoms with Crippen LogP contribution in [0.4, 0.5) is 13.2 Å². The lowest BCUT2D eigenvalue weighted by molar-refractivity contribution is -0.153. The molecule has 0 bridgehead atoms. The van der Waals surface area contributed by atoms with E-state index in [1.54, 1.807) is 23.7 Å². The number of carbonyl (C=O) groups is 1. The van der Waals surface area contributed by atoms with Gasteiger partial charge < -0.3 is 9.64 Å². The third kappa shape index (κ3) is 4.53. The van der Waals surface area contributed by atoms with E-state index < -0.39 is 18.7 Å². The number of alkyl halides is 3. The van der Waals surface area contributed by atoms with E-state index in [0.717, 1.165) is 19.3 Å². The van der Waals surface area contributed by atoms with E-state index in [2.05, 4.69) is 4.98 Å². The van der Waals surface area contributed by atoms with Crippen LogP contribution in [-0.4, -0.2) is 53.2 Å². The molecule has 1 saturated carbocycles. The number of nitrogens with zero attached hydrogens (tertiary/aromatic N) is 2. The van der Waals surface area contributed by atoms with Crippen molar-refractivity contribution in [2.45, 2.75) is 36.7 Å². The topological polar surface area (TPSA) is 42.4 Å². The molecule has 4 nitrogen and oxygen atoms in total. The fraction of sp³-hybridized carbons (Fsp3) is 0.600. The Hall–Kier alpha value is -1.44. The fourth-order valence-electron chi connectivity index (χ4n) is 2.77. The molecule has 1 fully saturated rings. The van der Waals surface area contributed by atoms with E-state index >= 15 is 0 Å². The highest BCUT2D eigenvalue weighted by atomic mass is 32.2. The van der Waals surface area contributed by atoms with Gasteiger partial charge in [-0.15, -0.1) is 0 Å². The molecule has 0 aromatic carbocycles. The average Bonchev–Trinajstić information content (AvgIpc) is 2.99. The Balaban J connectivity index is 2.15. The second-order valence-corrected chi connectivity index (χ2v) is 6.52. The first-order valence-electron chi connectivity index (χ1n) is 7.28. The van der Waals surface area contributed by atoms with E-state index in [1.807, 2.05) is 6.26 Å². The Morgan fingerprint density at radius 2 is 2.22 bits per heavy atom. The van der Waals surface area contributed by atoms with Crippen molar-refractivity contribution in [3.8, 4) is 5.75 Å². The van der Waals surface area contributed by atoms with Crippen LogP contribution in [0.2, 0.25) is 0 Å². The van der Waals surface area contributed by atoms with Gasteiger partial charge in [-0.3, -0.25) is 4.79 Å². The Morgan fingerprint density at radius 3 is 2.87 bits per heavy atom. The molecule has 0 radical (unpaired) electrons. The van der Waals surface area contributed by atoms with Gasteiger partial charge in [0.15, 0.2) is 18.1 Å². The van der Waals surface area contributed by atoms with E-state index in [4.69, 9.17) is 4.74 Å². The minimum atomic E-state index is -4.46. The zero-order valence-electron chi connectivity index (χ0n) is 13.0. The summed E-state index contributed by atoms with van der Waals surface area (Å²) in [6.07, 6.45) is 1.87. The quantitative estimate of drug-likeness (QED) is 0.818. The molecular formula is C15H19F3N2O2S. The van der Waals surface area contributed by atoms with E-state index in [-0.39, 0.29) is 17.5 Å². The third-order valence-corrected chi connectivity index (χ3v) is 5.06. The monoisotopic (exact) mass is 348 g/mol. The van der Waals surface area contributed by atoms with Gasteiger partial charge in [0.05, 0.1) is 0 Å². The van der Waals surface area contributed by atoms with Gasteiger partial charge in [-0.25, -0.2) is 4.98 Å². The number of thioether (sulfide) groups is 1. The summed E-state index contributed by atoms with van der Waals surface area (Å²) in [7, 11) is 1.67. The molecule has 0 spiro atoms. The molecule has 2 atom stereocenters. The predicted molar refractivity (Wildman–Crippen MR) is 82.8 cm³/mol. The molecule has 1 heterocycles. The molecule has 1 aliphatic rings. The van der Waals surface area contributed by atoms with E-state index in [1.165, 1.54) is 18.3 Å². The van der Waals surface area contributed by atoms with Crippen molar-refractivity contribution in [1.29, 1.82) is 0 Å². The number of ether oxygens (including phenoxy) is 1. The maximum Gasteiger partial charge on any atom is 0.422 e. The Morgan fingerprint density at radius 1 is 1.48 bits per heavy atom. The van der Waals surface area contributed by atoms with Crippen molar-refractivity contribution in [1.82, 2.24) is 9.88 Å². The van der Waals surface area contributed by atoms with Gasteiger partial charge in [0.25, 0.3) is 5.91 Å². The zero-order chi connectivity index (χ0) is 17.0. The van der Waals surface area contributed by atoms with Crippen LogP contribution >= 0.6 is 11.8 Å². The van der Waals surface area contributed by atoms with Crippen LogP contribution in [0.3, 0.4) is 0 Å². The number of hydrogen-bond acceptors (Lipinski definition) is 4. The van der Waals surface area contributed by atoms with E-state index in [9.17, 15) is 18.0 Å². The van der Waals surface area contributed by atoms with Gasteiger partial charge in [-0.2, -0.15) is 24.9 Å². The summed E-state index contributed by atoms with van der Waals surface area (Å²) in [5.74, 6) is -0.547.